The quantitative estimate of drug-likeness (QED) is 0.716. The van der Waals surface area contributed by atoms with Gasteiger partial charge in [-0.25, -0.2) is 0 Å². The first-order valence-corrected chi connectivity index (χ1v) is 5.55. The van der Waals surface area contributed by atoms with Gasteiger partial charge < -0.3 is 11.1 Å². The predicted octanol–water partition coefficient (Wildman–Crippen LogP) is 1.54. The molecule has 1 heterocycles. The summed E-state index contributed by atoms with van der Waals surface area (Å²) in [5, 5.41) is 3.17. The predicted molar refractivity (Wildman–Crippen MR) is 59.6 cm³/mol. The Hall–Kier alpha value is -1.39. The molecule has 1 fully saturated rings. The summed E-state index contributed by atoms with van der Waals surface area (Å²) < 4.78 is 0. The summed E-state index contributed by atoms with van der Waals surface area (Å²) in [6.07, 6.45) is 4.63. The van der Waals surface area contributed by atoms with Crippen molar-refractivity contribution in [2.24, 2.45) is 0 Å². The van der Waals surface area contributed by atoms with Gasteiger partial charge in [-0.2, -0.15) is 15.0 Å². The fourth-order valence-corrected chi connectivity index (χ4v) is 1.39. The van der Waals surface area contributed by atoms with Crippen LogP contribution >= 0.6 is 0 Å². The van der Waals surface area contributed by atoms with E-state index in [2.05, 4.69) is 27.2 Å². The van der Waals surface area contributed by atoms with Gasteiger partial charge in [-0.1, -0.05) is 13.3 Å². The smallest absolute Gasteiger partial charge is 0.227 e. The van der Waals surface area contributed by atoms with E-state index in [1.54, 1.807) is 0 Å². The Balaban J connectivity index is 2.02. The van der Waals surface area contributed by atoms with E-state index in [1.807, 2.05) is 0 Å². The van der Waals surface area contributed by atoms with Crippen LogP contribution in [0.4, 0.5) is 11.9 Å². The van der Waals surface area contributed by atoms with Crippen molar-refractivity contribution in [2.45, 2.75) is 38.5 Å². The van der Waals surface area contributed by atoms with Gasteiger partial charge in [0.05, 0.1) is 0 Å². The molecule has 0 bridgehead atoms. The standard InChI is InChI=1S/C10H17N5/c1-2-3-6-12-10-14-8(7-4-5-7)13-9(11)15-10/h7H,2-6H2,1H3,(H3,11,12,13,14,15). The molecule has 0 saturated heterocycles. The van der Waals surface area contributed by atoms with Gasteiger partial charge in [-0.05, 0) is 19.3 Å². The van der Waals surface area contributed by atoms with E-state index in [9.17, 15) is 0 Å². The molecule has 82 valence electrons. The summed E-state index contributed by atoms with van der Waals surface area (Å²) in [5.74, 6) is 2.31. The minimum Gasteiger partial charge on any atom is -0.368 e. The summed E-state index contributed by atoms with van der Waals surface area (Å²) >= 11 is 0. The van der Waals surface area contributed by atoms with Gasteiger partial charge in [0.1, 0.15) is 5.82 Å². The molecule has 3 N–H and O–H groups in total. The molecule has 1 aliphatic carbocycles. The maximum atomic E-state index is 5.63. The number of nitrogen functional groups attached to an aromatic ring is 1. The third kappa shape index (κ3) is 2.78. The van der Waals surface area contributed by atoms with Gasteiger partial charge in [0.2, 0.25) is 11.9 Å². The Kier molecular flexibility index (Phi) is 2.99. The highest BCUT2D eigenvalue weighted by Gasteiger charge is 2.27. The van der Waals surface area contributed by atoms with Crippen LogP contribution in [0.1, 0.15) is 44.3 Å². The molecule has 5 heteroatoms. The molecule has 1 aromatic rings. The Labute approximate surface area is 89.5 Å². The molecule has 0 amide bonds. The number of rotatable bonds is 5. The van der Waals surface area contributed by atoms with Crippen LogP contribution in [-0.4, -0.2) is 21.5 Å². The number of hydrogen-bond donors (Lipinski definition) is 2. The Morgan fingerprint density at radius 1 is 1.33 bits per heavy atom. The third-order valence-corrected chi connectivity index (χ3v) is 2.43. The highest BCUT2D eigenvalue weighted by molar-refractivity contribution is 5.32. The minimum atomic E-state index is 0.325. The maximum absolute atomic E-state index is 5.63. The Bertz CT molecular complexity index is 335. The van der Waals surface area contributed by atoms with Gasteiger partial charge in [-0.15, -0.1) is 0 Å². The van der Waals surface area contributed by atoms with Gasteiger partial charge in [0, 0.05) is 12.5 Å². The SMILES string of the molecule is CCCCNc1nc(N)nc(C2CC2)n1. The highest BCUT2D eigenvalue weighted by atomic mass is 15.2. The van der Waals surface area contributed by atoms with Crippen molar-refractivity contribution in [3.05, 3.63) is 5.82 Å². The number of hydrogen-bond acceptors (Lipinski definition) is 5. The lowest BCUT2D eigenvalue weighted by atomic mass is 10.3. The van der Waals surface area contributed by atoms with Crippen LogP contribution in [0.15, 0.2) is 0 Å². The van der Waals surface area contributed by atoms with Crippen molar-refractivity contribution < 1.29 is 0 Å². The first-order chi connectivity index (χ1) is 7.29. The Morgan fingerprint density at radius 2 is 2.13 bits per heavy atom. The number of nitrogens with zero attached hydrogens (tertiary/aromatic N) is 3. The molecule has 0 spiro atoms. The number of unbranched alkanes of at least 4 members (excludes halogenated alkanes) is 1. The zero-order chi connectivity index (χ0) is 10.7. The summed E-state index contributed by atoms with van der Waals surface area (Å²) in [7, 11) is 0. The topological polar surface area (TPSA) is 76.7 Å². The molecule has 5 nitrogen and oxygen atoms in total. The second-order valence-electron chi connectivity index (χ2n) is 3.93. The molecule has 2 rings (SSSR count). The van der Waals surface area contributed by atoms with Crippen LogP contribution in [0, 0.1) is 0 Å². The van der Waals surface area contributed by atoms with Gasteiger partial charge in [0.25, 0.3) is 0 Å². The average Bonchev–Trinajstić information content (AvgIpc) is 3.00. The fourth-order valence-electron chi connectivity index (χ4n) is 1.39. The van der Waals surface area contributed by atoms with Gasteiger partial charge >= 0.3 is 0 Å². The molecule has 0 radical (unpaired) electrons. The summed E-state index contributed by atoms with van der Waals surface area (Å²) in [4.78, 5) is 12.6. The van der Waals surface area contributed by atoms with Crippen molar-refractivity contribution in [1.82, 2.24) is 15.0 Å². The first kappa shape index (κ1) is 10.1. The fraction of sp³-hybridized carbons (Fsp3) is 0.700. The van der Waals surface area contributed by atoms with Crippen LogP contribution in [0.25, 0.3) is 0 Å². The molecule has 0 atom stereocenters. The molecule has 1 aliphatic rings. The number of nitrogens with one attached hydrogen (secondary N) is 1. The van der Waals surface area contributed by atoms with E-state index < -0.39 is 0 Å². The second kappa shape index (κ2) is 4.42. The summed E-state index contributed by atoms with van der Waals surface area (Å²) in [6.45, 7) is 3.04. The number of anilines is 2. The number of aromatic nitrogens is 3. The lowest BCUT2D eigenvalue weighted by Crippen LogP contribution is -2.10. The van der Waals surface area contributed by atoms with E-state index in [0.717, 1.165) is 25.2 Å². The largest absolute Gasteiger partial charge is 0.368 e. The van der Waals surface area contributed by atoms with Crippen LogP contribution in [-0.2, 0) is 0 Å². The lowest BCUT2D eigenvalue weighted by Gasteiger charge is -2.05. The van der Waals surface area contributed by atoms with Crippen molar-refractivity contribution in [1.29, 1.82) is 0 Å². The second-order valence-corrected chi connectivity index (χ2v) is 3.93. The molecule has 15 heavy (non-hydrogen) atoms. The van der Waals surface area contributed by atoms with Gasteiger partial charge in [0.15, 0.2) is 0 Å². The molecule has 0 unspecified atom stereocenters. The Morgan fingerprint density at radius 3 is 2.80 bits per heavy atom. The van der Waals surface area contributed by atoms with E-state index in [-0.39, 0.29) is 0 Å². The molecule has 1 saturated carbocycles. The monoisotopic (exact) mass is 207 g/mol. The van der Waals surface area contributed by atoms with E-state index >= 15 is 0 Å². The summed E-state index contributed by atoms with van der Waals surface area (Å²) in [6, 6.07) is 0. The molecule has 1 aromatic heterocycles. The van der Waals surface area contributed by atoms with Crippen LogP contribution < -0.4 is 11.1 Å². The molecule has 0 aliphatic heterocycles. The minimum absolute atomic E-state index is 0.325. The molecule has 0 aromatic carbocycles. The molecular formula is C10H17N5. The highest BCUT2D eigenvalue weighted by Crippen LogP contribution is 2.38. The van der Waals surface area contributed by atoms with Crippen LogP contribution in [0.3, 0.4) is 0 Å². The normalized spacial score (nSPS) is 15.3. The zero-order valence-corrected chi connectivity index (χ0v) is 9.03. The average molecular weight is 207 g/mol. The van der Waals surface area contributed by atoms with Crippen molar-refractivity contribution in [3.63, 3.8) is 0 Å². The van der Waals surface area contributed by atoms with E-state index in [0.29, 0.717) is 17.8 Å². The lowest BCUT2D eigenvalue weighted by molar-refractivity contribution is 0.816. The van der Waals surface area contributed by atoms with E-state index in [4.69, 9.17) is 5.73 Å². The van der Waals surface area contributed by atoms with Crippen molar-refractivity contribution >= 4 is 11.9 Å². The van der Waals surface area contributed by atoms with Crippen LogP contribution in [0.2, 0.25) is 0 Å². The summed E-state index contributed by atoms with van der Waals surface area (Å²) in [5.41, 5.74) is 5.63. The molecular weight excluding hydrogens is 190 g/mol. The zero-order valence-electron chi connectivity index (χ0n) is 9.03. The van der Waals surface area contributed by atoms with Crippen LogP contribution in [0.5, 0.6) is 0 Å². The first-order valence-electron chi connectivity index (χ1n) is 5.55. The maximum Gasteiger partial charge on any atom is 0.227 e. The number of nitrogens with two attached hydrogens (primary N) is 1. The third-order valence-electron chi connectivity index (χ3n) is 2.43. The van der Waals surface area contributed by atoms with E-state index in [1.165, 1.54) is 12.8 Å². The van der Waals surface area contributed by atoms with Crippen molar-refractivity contribution in [3.8, 4) is 0 Å². The van der Waals surface area contributed by atoms with Crippen molar-refractivity contribution in [2.75, 3.05) is 17.6 Å². The van der Waals surface area contributed by atoms with Gasteiger partial charge in [-0.3, -0.25) is 0 Å².